The highest BCUT2D eigenvalue weighted by Gasteiger charge is 2.08. The Morgan fingerprint density at radius 1 is 1.15 bits per heavy atom. The minimum Gasteiger partial charge on any atom is -0.302 e. The summed E-state index contributed by atoms with van der Waals surface area (Å²) in [5, 5.41) is 0.999. The molecule has 0 aliphatic rings. The zero-order valence-corrected chi connectivity index (χ0v) is 16.5. The van der Waals surface area contributed by atoms with Crippen molar-refractivity contribution < 1.29 is 4.79 Å². The first-order valence-corrected chi connectivity index (χ1v) is 9.38. The lowest BCUT2D eigenvalue weighted by Gasteiger charge is -1.99. The molecule has 132 valence electrons. The molecule has 0 saturated carbocycles. The number of hydrogen-bond donors (Lipinski definition) is 0. The number of rotatable bonds is 3. The summed E-state index contributed by atoms with van der Waals surface area (Å²) in [5.41, 5.74) is 2.05. The van der Waals surface area contributed by atoms with Crippen molar-refractivity contribution >= 4 is 52.5 Å². The summed E-state index contributed by atoms with van der Waals surface area (Å²) in [6, 6.07) is 12.5. The minimum absolute atomic E-state index is 0.129. The number of carbonyl (C=O) groups is 1. The number of carbonyl (C=O) groups excluding carboxylic acids is 1. The third-order valence-corrected chi connectivity index (χ3v) is 5.65. The highest BCUT2D eigenvalue weighted by atomic mass is 35.5. The maximum Gasteiger partial charge on any atom is 0.268 e. The number of hydrogen-bond acceptors (Lipinski definition) is 3. The van der Waals surface area contributed by atoms with Crippen LogP contribution >= 0.6 is 34.5 Å². The molecular formula is C20H15Cl2NO2S. The Morgan fingerprint density at radius 2 is 1.88 bits per heavy atom. The van der Waals surface area contributed by atoms with Crippen molar-refractivity contribution in [2.75, 3.05) is 0 Å². The predicted molar refractivity (Wildman–Crippen MR) is 109 cm³/mol. The van der Waals surface area contributed by atoms with E-state index in [0.717, 1.165) is 5.56 Å². The van der Waals surface area contributed by atoms with Gasteiger partial charge >= 0.3 is 0 Å². The van der Waals surface area contributed by atoms with Crippen molar-refractivity contribution in [3.8, 4) is 0 Å². The molecule has 0 aliphatic heterocycles. The Balaban J connectivity index is 2.11. The second-order valence-electron chi connectivity index (χ2n) is 5.80. The molecule has 0 spiro atoms. The van der Waals surface area contributed by atoms with Crippen molar-refractivity contribution in [1.82, 2.24) is 4.57 Å². The number of benzene rings is 2. The van der Waals surface area contributed by atoms with Gasteiger partial charge in [-0.1, -0.05) is 53.5 Å². The van der Waals surface area contributed by atoms with Gasteiger partial charge in [0.15, 0.2) is 5.78 Å². The summed E-state index contributed by atoms with van der Waals surface area (Å²) in [5.74, 6) is -0.129. The van der Waals surface area contributed by atoms with E-state index in [2.05, 4.69) is 0 Å². The highest BCUT2D eigenvalue weighted by Crippen LogP contribution is 2.21. The summed E-state index contributed by atoms with van der Waals surface area (Å²) >= 11 is 13.3. The van der Waals surface area contributed by atoms with E-state index in [1.807, 2.05) is 25.1 Å². The lowest BCUT2D eigenvalue weighted by molar-refractivity contribution is 0.106. The highest BCUT2D eigenvalue weighted by molar-refractivity contribution is 7.07. The molecule has 3 nitrogen and oxygen atoms in total. The number of aromatic nitrogens is 1. The third-order valence-electron chi connectivity index (χ3n) is 3.97. The van der Waals surface area contributed by atoms with Crippen LogP contribution in [0.1, 0.15) is 21.5 Å². The van der Waals surface area contributed by atoms with Gasteiger partial charge in [0.05, 0.1) is 4.53 Å². The number of ketones is 1. The number of halogens is 2. The van der Waals surface area contributed by atoms with E-state index in [0.29, 0.717) is 30.4 Å². The van der Waals surface area contributed by atoms with Gasteiger partial charge in [-0.3, -0.25) is 9.59 Å². The fourth-order valence-corrected chi connectivity index (χ4v) is 3.99. The van der Waals surface area contributed by atoms with E-state index in [9.17, 15) is 9.59 Å². The normalized spacial score (nSPS) is 12.6. The minimum atomic E-state index is -0.176. The van der Waals surface area contributed by atoms with Gasteiger partial charge in [0.25, 0.3) is 5.56 Å². The molecule has 0 unspecified atom stereocenters. The SMILES string of the molecule is Cc1ccccc1C(=O)/C=c1\s/c(=C\c2ccc(Cl)cc2Cl)c(=O)n1C. The molecule has 26 heavy (non-hydrogen) atoms. The van der Waals surface area contributed by atoms with Crippen molar-refractivity contribution in [2.45, 2.75) is 6.92 Å². The second-order valence-corrected chi connectivity index (χ2v) is 7.71. The summed E-state index contributed by atoms with van der Waals surface area (Å²) in [6.45, 7) is 1.89. The maximum atomic E-state index is 12.5. The van der Waals surface area contributed by atoms with Crippen LogP contribution in [0.2, 0.25) is 10.0 Å². The van der Waals surface area contributed by atoms with Gasteiger partial charge in [-0.15, -0.1) is 11.3 Å². The van der Waals surface area contributed by atoms with Crippen LogP contribution in [0.5, 0.6) is 0 Å². The Labute approximate surface area is 164 Å². The molecule has 0 aliphatic carbocycles. The first-order valence-electron chi connectivity index (χ1n) is 7.81. The summed E-state index contributed by atoms with van der Waals surface area (Å²) in [6.07, 6.45) is 3.20. The fraction of sp³-hybridized carbons (Fsp3) is 0.100. The van der Waals surface area contributed by atoms with Gasteiger partial charge in [0.1, 0.15) is 4.66 Å². The number of nitrogens with zero attached hydrogens (tertiary/aromatic N) is 1. The van der Waals surface area contributed by atoms with E-state index in [-0.39, 0.29) is 11.3 Å². The average Bonchev–Trinajstić information content (AvgIpc) is 2.85. The molecule has 0 radical (unpaired) electrons. The standard InChI is InChI=1S/C20H15Cl2NO2S/c1-12-5-3-4-6-15(12)17(24)11-19-23(2)20(25)18(26-19)9-13-7-8-14(21)10-16(13)22/h3-11H,1-2H3/b18-9-,19-11-. The largest absolute Gasteiger partial charge is 0.302 e. The van der Waals surface area contributed by atoms with Crippen molar-refractivity contribution in [2.24, 2.45) is 7.05 Å². The molecule has 3 rings (SSSR count). The van der Waals surface area contributed by atoms with E-state index < -0.39 is 0 Å². The van der Waals surface area contributed by atoms with Crippen molar-refractivity contribution in [3.05, 3.63) is 88.7 Å². The third kappa shape index (κ3) is 3.83. The van der Waals surface area contributed by atoms with Gasteiger partial charge < -0.3 is 4.57 Å². The van der Waals surface area contributed by atoms with E-state index in [1.54, 1.807) is 37.4 Å². The molecular weight excluding hydrogens is 389 g/mol. The van der Waals surface area contributed by atoms with E-state index in [4.69, 9.17) is 23.2 Å². The zero-order chi connectivity index (χ0) is 18.8. The summed E-state index contributed by atoms with van der Waals surface area (Å²) < 4.78 is 2.55. The van der Waals surface area contributed by atoms with Crippen LogP contribution in [-0.2, 0) is 7.05 Å². The van der Waals surface area contributed by atoms with Gasteiger partial charge in [-0.25, -0.2) is 0 Å². The molecule has 1 aromatic heterocycles. The van der Waals surface area contributed by atoms with E-state index in [1.165, 1.54) is 22.0 Å². The molecule has 0 saturated heterocycles. The van der Waals surface area contributed by atoms with Crippen LogP contribution in [-0.4, -0.2) is 10.4 Å². The van der Waals surface area contributed by atoms with Crippen LogP contribution in [0.4, 0.5) is 0 Å². The molecule has 0 amide bonds. The van der Waals surface area contributed by atoms with Crippen LogP contribution in [0.15, 0.2) is 47.3 Å². The molecule has 0 bridgehead atoms. The predicted octanol–water partition coefficient (Wildman–Crippen LogP) is 3.55. The topological polar surface area (TPSA) is 39.1 Å². The lowest BCUT2D eigenvalue weighted by Crippen LogP contribution is -2.29. The Kier molecular flexibility index (Phi) is 5.47. The Morgan fingerprint density at radius 3 is 2.58 bits per heavy atom. The summed E-state index contributed by atoms with van der Waals surface area (Å²) in [7, 11) is 1.65. The monoisotopic (exact) mass is 403 g/mol. The molecule has 0 N–H and O–H groups in total. The quantitative estimate of drug-likeness (QED) is 0.627. The first-order chi connectivity index (χ1) is 12.4. The molecule has 0 fully saturated rings. The van der Waals surface area contributed by atoms with Gasteiger partial charge in [-0.05, 0) is 36.3 Å². The number of thiazole rings is 1. The molecule has 2 aromatic carbocycles. The van der Waals surface area contributed by atoms with Crippen LogP contribution in [0.3, 0.4) is 0 Å². The first kappa shape index (κ1) is 18.6. The number of aryl methyl sites for hydroxylation is 1. The zero-order valence-electron chi connectivity index (χ0n) is 14.1. The Hall–Kier alpha value is -2.14. The van der Waals surface area contributed by atoms with Gasteiger partial charge in [0.2, 0.25) is 0 Å². The van der Waals surface area contributed by atoms with Crippen LogP contribution in [0, 0.1) is 6.92 Å². The second kappa shape index (κ2) is 7.62. The van der Waals surface area contributed by atoms with Gasteiger partial charge in [0, 0.05) is 28.7 Å². The molecule has 6 heteroatoms. The van der Waals surface area contributed by atoms with Gasteiger partial charge in [-0.2, -0.15) is 0 Å². The summed E-state index contributed by atoms with van der Waals surface area (Å²) in [4.78, 5) is 25.0. The smallest absolute Gasteiger partial charge is 0.268 e. The maximum absolute atomic E-state index is 12.5. The average molecular weight is 404 g/mol. The van der Waals surface area contributed by atoms with Crippen molar-refractivity contribution in [1.29, 1.82) is 0 Å². The van der Waals surface area contributed by atoms with E-state index >= 15 is 0 Å². The van der Waals surface area contributed by atoms with Crippen molar-refractivity contribution in [3.63, 3.8) is 0 Å². The molecule has 3 aromatic rings. The fourth-order valence-electron chi connectivity index (χ4n) is 2.51. The number of Topliss-reactive ketones (excluding diaryl/α,β-unsaturated/α-hetero) is 1. The lowest BCUT2D eigenvalue weighted by atomic mass is 10.1. The van der Waals surface area contributed by atoms with Crippen LogP contribution < -0.4 is 14.8 Å². The Bertz CT molecular complexity index is 1180. The molecule has 0 atom stereocenters. The van der Waals surface area contributed by atoms with Crippen LogP contribution in [0.25, 0.3) is 12.2 Å². The molecule has 1 heterocycles.